The van der Waals surface area contributed by atoms with Crippen LogP contribution in [0.25, 0.3) is 0 Å². The topological polar surface area (TPSA) is 59.8 Å². The third-order valence-corrected chi connectivity index (χ3v) is 2.42. The molecule has 0 fully saturated rings. The number of amides is 1. The van der Waals surface area contributed by atoms with Crippen molar-refractivity contribution in [2.75, 3.05) is 6.54 Å². The lowest BCUT2D eigenvalue weighted by atomic mass is 10.2. The zero-order valence-corrected chi connectivity index (χ0v) is 10.4. The van der Waals surface area contributed by atoms with Gasteiger partial charge in [0.2, 0.25) is 5.91 Å². The summed E-state index contributed by atoms with van der Waals surface area (Å²) in [5.41, 5.74) is 0.944. The molecule has 0 atom stereocenters. The van der Waals surface area contributed by atoms with Gasteiger partial charge in [-0.2, -0.15) is 5.10 Å². The average molecular weight is 254 g/mol. The van der Waals surface area contributed by atoms with Gasteiger partial charge in [-0.3, -0.25) is 9.48 Å². The van der Waals surface area contributed by atoms with Gasteiger partial charge in [-0.15, -0.1) is 0 Å². The third kappa shape index (κ3) is 4.64. The summed E-state index contributed by atoms with van der Waals surface area (Å²) in [4.78, 5) is 15.3. The SMILES string of the molecule is O=C(CCn1cncn1)NCC#Cc1ccccc1. The van der Waals surface area contributed by atoms with E-state index in [2.05, 4.69) is 27.2 Å². The van der Waals surface area contributed by atoms with Crippen molar-refractivity contribution in [1.29, 1.82) is 0 Å². The van der Waals surface area contributed by atoms with Crippen LogP contribution in [-0.4, -0.2) is 27.2 Å². The van der Waals surface area contributed by atoms with E-state index >= 15 is 0 Å². The van der Waals surface area contributed by atoms with Crippen molar-refractivity contribution in [3.63, 3.8) is 0 Å². The van der Waals surface area contributed by atoms with Crippen LogP contribution < -0.4 is 5.32 Å². The summed E-state index contributed by atoms with van der Waals surface area (Å²) in [6.07, 6.45) is 3.40. The Morgan fingerprint density at radius 3 is 2.89 bits per heavy atom. The van der Waals surface area contributed by atoms with Gasteiger partial charge in [-0.1, -0.05) is 30.0 Å². The van der Waals surface area contributed by atoms with E-state index in [0.717, 1.165) is 5.56 Å². The summed E-state index contributed by atoms with van der Waals surface area (Å²) in [5, 5.41) is 6.66. The number of benzene rings is 1. The molecule has 19 heavy (non-hydrogen) atoms. The number of rotatable bonds is 4. The highest BCUT2D eigenvalue weighted by atomic mass is 16.1. The normalized spacial score (nSPS) is 9.47. The molecule has 1 N–H and O–H groups in total. The second-order valence-corrected chi connectivity index (χ2v) is 3.85. The highest BCUT2D eigenvalue weighted by Crippen LogP contribution is 1.94. The first kappa shape index (κ1) is 12.8. The third-order valence-electron chi connectivity index (χ3n) is 2.42. The number of aryl methyl sites for hydroxylation is 1. The minimum atomic E-state index is -0.0436. The molecule has 0 aliphatic rings. The number of carbonyl (C=O) groups is 1. The fourth-order valence-electron chi connectivity index (χ4n) is 1.46. The largest absolute Gasteiger partial charge is 0.345 e. The zero-order valence-electron chi connectivity index (χ0n) is 10.4. The lowest BCUT2D eigenvalue weighted by Gasteiger charge is -2.00. The van der Waals surface area contributed by atoms with Gasteiger partial charge in [0.1, 0.15) is 12.7 Å². The molecule has 0 bridgehead atoms. The number of carbonyl (C=O) groups excluding carboxylic acids is 1. The Labute approximate surface area is 111 Å². The fraction of sp³-hybridized carbons (Fsp3) is 0.214. The summed E-state index contributed by atoms with van der Waals surface area (Å²) >= 11 is 0. The Morgan fingerprint density at radius 2 is 2.16 bits per heavy atom. The van der Waals surface area contributed by atoms with Crippen LogP contribution in [0.15, 0.2) is 43.0 Å². The molecular weight excluding hydrogens is 240 g/mol. The van der Waals surface area contributed by atoms with Gasteiger partial charge in [-0.05, 0) is 12.1 Å². The van der Waals surface area contributed by atoms with Crippen molar-refractivity contribution in [1.82, 2.24) is 20.1 Å². The van der Waals surface area contributed by atoms with E-state index in [9.17, 15) is 4.79 Å². The Kier molecular flexibility index (Phi) is 4.71. The predicted octanol–water partition coefficient (Wildman–Crippen LogP) is 0.836. The van der Waals surface area contributed by atoms with Crippen LogP contribution in [0.1, 0.15) is 12.0 Å². The molecule has 2 rings (SSSR count). The number of nitrogens with zero attached hydrogens (tertiary/aromatic N) is 3. The predicted molar refractivity (Wildman–Crippen MR) is 71.0 cm³/mol. The molecule has 1 aromatic heterocycles. The van der Waals surface area contributed by atoms with Crippen LogP contribution in [0.3, 0.4) is 0 Å². The Hall–Kier alpha value is -2.61. The van der Waals surface area contributed by atoms with Gasteiger partial charge in [0.25, 0.3) is 0 Å². The Balaban J connectivity index is 1.68. The second kappa shape index (κ2) is 6.97. The molecule has 5 heteroatoms. The smallest absolute Gasteiger partial charge is 0.222 e. The van der Waals surface area contributed by atoms with Crippen LogP contribution in [-0.2, 0) is 11.3 Å². The maximum atomic E-state index is 11.5. The van der Waals surface area contributed by atoms with Crippen molar-refractivity contribution in [2.24, 2.45) is 0 Å². The quantitative estimate of drug-likeness (QED) is 0.822. The van der Waals surface area contributed by atoms with Crippen LogP contribution in [0.2, 0.25) is 0 Å². The van der Waals surface area contributed by atoms with Gasteiger partial charge < -0.3 is 5.32 Å². The molecule has 0 saturated heterocycles. The molecular formula is C14H14N4O. The van der Waals surface area contributed by atoms with E-state index in [1.807, 2.05) is 30.3 Å². The molecule has 0 aliphatic carbocycles. The van der Waals surface area contributed by atoms with E-state index in [0.29, 0.717) is 19.5 Å². The minimum Gasteiger partial charge on any atom is -0.345 e. The minimum absolute atomic E-state index is 0.0436. The van der Waals surface area contributed by atoms with E-state index in [4.69, 9.17) is 0 Å². The van der Waals surface area contributed by atoms with E-state index < -0.39 is 0 Å². The maximum absolute atomic E-state index is 11.5. The molecule has 0 radical (unpaired) electrons. The monoisotopic (exact) mass is 254 g/mol. The van der Waals surface area contributed by atoms with Gasteiger partial charge in [0.05, 0.1) is 13.1 Å². The molecule has 0 aliphatic heterocycles. The van der Waals surface area contributed by atoms with Gasteiger partial charge in [-0.25, -0.2) is 4.98 Å². The van der Waals surface area contributed by atoms with Crippen molar-refractivity contribution in [3.05, 3.63) is 48.5 Å². The molecule has 0 unspecified atom stereocenters. The number of hydrogen-bond acceptors (Lipinski definition) is 3. The lowest BCUT2D eigenvalue weighted by molar-refractivity contribution is -0.121. The molecule has 1 amide bonds. The van der Waals surface area contributed by atoms with Crippen LogP contribution >= 0.6 is 0 Å². The van der Waals surface area contributed by atoms with E-state index in [-0.39, 0.29) is 5.91 Å². The van der Waals surface area contributed by atoms with Crippen LogP contribution in [0.4, 0.5) is 0 Å². The Bertz CT molecular complexity index is 566. The van der Waals surface area contributed by atoms with Crippen molar-refractivity contribution >= 4 is 5.91 Å². The van der Waals surface area contributed by atoms with Gasteiger partial charge in [0, 0.05) is 12.0 Å². The number of nitrogens with one attached hydrogen (secondary N) is 1. The first-order valence-electron chi connectivity index (χ1n) is 5.97. The second-order valence-electron chi connectivity index (χ2n) is 3.85. The van der Waals surface area contributed by atoms with Crippen molar-refractivity contribution in [2.45, 2.75) is 13.0 Å². The van der Waals surface area contributed by atoms with Gasteiger partial charge >= 0.3 is 0 Å². The molecule has 1 aromatic carbocycles. The average Bonchev–Trinajstić information content (AvgIpc) is 2.96. The van der Waals surface area contributed by atoms with E-state index in [1.165, 1.54) is 6.33 Å². The molecule has 1 heterocycles. The summed E-state index contributed by atoms with van der Waals surface area (Å²) < 4.78 is 1.62. The highest BCUT2D eigenvalue weighted by Gasteiger charge is 2.00. The number of hydrogen-bond donors (Lipinski definition) is 1. The van der Waals surface area contributed by atoms with Crippen molar-refractivity contribution < 1.29 is 4.79 Å². The first-order valence-corrected chi connectivity index (χ1v) is 5.97. The molecule has 5 nitrogen and oxygen atoms in total. The summed E-state index contributed by atoms with van der Waals surface area (Å²) in [6, 6.07) is 9.66. The van der Waals surface area contributed by atoms with Crippen molar-refractivity contribution in [3.8, 4) is 11.8 Å². The number of aromatic nitrogens is 3. The molecule has 96 valence electrons. The maximum Gasteiger partial charge on any atom is 0.222 e. The van der Waals surface area contributed by atoms with Crippen LogP contribution in [0.5, 0.6) is 0 Å². The van der Waals surface area contributed by atoms with Gasteiger partial charge in [0.15, 0.2) is 0 Å². The molecule has 2 aromatic rings. The summed E-state index contributed by atoms with van der Waals surface area (Å²) in [7, 11) is 0. The molecule has 0 saturated carbocycles. The summed E-state index contributed by atoms with van der Waals surface area (Å²) in [5.74, 6) is 5.84. The molecule has 0 spiro atoms. The van der Waals surface area contributed by atoms with E-state index in [1.54, 1.807) is 11.0 Å². The lowest BCUT2D eigenvalue weighted by Crippen LogP contribution is -2.24. The highest BCUT2D eigenvalue weighted by molar-refractivity contribution is 5.76. The van der Waals surface area contributed by atoms with Crippen LogP contribution in [0, 0.1) is 11.8 Å². The summed E-state index contributed by atoms with van der Waals surface area (Å²) in [6.45, 7) is 0.878. The zero-order chi connectivity index (χ0) is 13.3. The Morgan fingerprint density at radius 1 is 1.32 bits per heavy atom. The first-order chi connectivity index (χ1) is 9.34. The fourth-order valence-corrected chi connectivity index (χ4v) is 1.46. The standard InChI is InChI=1S/C14H14N4O/c19-14(8-10-18-12-15-11-17-18)16-9-4-7-13-5-2-1-3-6-13/h1-3,5-6,11-12H,8-10H2,(H,16,19).